The first-order valence-electron chi connectivity index (χ1n) is 26.5. The number of piperazine rings is 1. The van der Waals surface area contributed by atoms with E-state index in [-0.39, 0.29) is 52.7 Å². The van der Waals surface area contributed by atoms with Crippen molar-refractivity contribution in [1.82, 2.24) is 48.2 Å². The molecule has 6 aliphatic rings. The first-order chi connectivity index (χ1) is 35.8. The first-order valence-corrected chi connectivity index (χ1v) is 26.5. The predicted molar refractivity (Wildman–Crippen MR) is 278 cm³/mol. The zero-order valence-corrected chi connectivity index (χ0v) is 42.3. The number of amides is 3. The van der Waals surface area contributed by atoms with E-state index in [1.54, 1.807) is 20.2 Å². The molecular formula is C56H63F2N11O5. The summed E-state index contributed by atoms with van der Waals surface area (Å²) in [4.78, 5) is 79.3. The average Bonchev–Trinajstić information content (AvgIpc) is 3.88. The third-order valence-electron chi connectivity index (χ3n) is 17.0. The zero-order chi connectivity index (χ0) is 51.1. The highest BCUT2D eigenvalue weighted by molar-refractivity contribution is 6.00. The number of hydrogen-bond acceptors (Lipinski definition) is 10. The summed E-state index contributed by atoms with van der Waals surface area (Å²) >= 11 is 0. The Labute approximate surface area is 427 Å². The number of carbonyl (C=O) groups excluding carboxylic acids is 3. The highest BCUT2D eigenvalue weighted by atomic mass is 19.1. The van der Waals surface area contributed by atoms with Crippen LogP contribution in [0.25, 0.3) is 33.3 Å². The van der Waals surface area contributed by atoms with Crippen LogP contribution in [0.15, 0.2) is 76.6 Å². The summed E-state index contributed by atoms with van der Waals surface area (Å²) in [6.07, 6.45) is 10.6. The predicted octanol–water partition coefficient (Wildman–Crippen LogP) is 6.31. The van der Waals surface area contributed by atoms with Crippen LogP contribution in [0.3, 0.4) is 0 Å². The molecule has 3 saturated heterocycles. The molecular weight excluding hydrogens is 945 g/mol. The summed E-state index contributed by atoms with van der Waals surface area (Å²) in [5.74, 6) is -2.13. The number of imide groups is 1. The van der Waals surface area contributed by atoms with E-state index in [2.05, 4.69) is 66.9 Å². The van der Waals surface area contributed by atoms with Crippen molar-refractivity contribution in [1.29, 1.82) is 0 Å². The van der Waals surface area contributed by atoms with Gasteiger partial charge in [-0.05, 0) is 118 Å². The number of halogens is 2. The molecule has 0 spiro atoms. The summed E-state index contributed by atoms with van der Waals surface area (Å²) in [6, 6.07) is 14.1. The molecule has 3 atom stereocenters. The second-order valence-electron chi connectivity index (χ2n) is 21.6. The number of likely N-dealkylation sites (tertiary alicyclic amines) is 1. The van der Waals surface area contributed by atoms with Gasteiger partial charge in [-0.2, -0.15) is 0 Å². The van der Waals surface area contributed by atoms with Gasteiger partial charge in [-0.3, -0.25) is 52.9 Å². The van der Waals surface area contributed by atoms with E-state index in [1.807, 2.05) is 42.1 Å². The second kappa shape index (κ2) is 19.2. The number of pyridine rings is 2. The third kappa shape index (κ3) is 8.67. The number of piperidine rings is 2. The first kappa shape index (κ1) is 48.2. The lowest BCUT2D eigenvalue weighted by Gasteiger charge is -2.42. The molecule has 74 heavy (non-hydrogen) atoms. The van der Waals surface area contributed by atoms with Crippen LogP contribution >= 0.6 is 0 Å². The van der Waals surface area contributed by atoms with Gasteiger partial charge in [0.25, 0.3) is 11.5 Å². The van der Waals surface area contributed by atoms with Crippen LogP contribution in [0.5, 0.6) is 0 Å². The number of aromatic nitrogens is 5. The number of carbonyl (C=O) groups is 3. The van der Waals surface area contributed by atoms with E-state index in [0.717, 1.165) is 115 Å². The van der Waals surface area contributed by atoms with Crippen molar-refractivity contribution < 1.29 is 23.2 Å². The van der Waals surface area contributed by atoms with E-state index < -0.39 is 23.6 Å². The number of nitrogens with zero attached hydrogens (tertiary/aromatic N) is 9. The Morgan fingerprint density at radius 2 is 1.66 bits per heavy atom. The van der Waals surface area contributed by atoms with Crippen LogP contribution in [0.2, 0.25) is 0 Å². The molecule has 6 aromatic rings. The minimum atomic E-state index is -0.725. The van der Waals surface area contributed by atoms with Crippen molar-refractivity contribution in [2.45, 2.75) is 95.9 Å². The van der Waals surface area contributed by atoms with Crippen molar-refractivity contribution >= 4 is 51.0 Å². The maximum atomic E-state index is 16.0. The highest BCUT2D eigenvalue weighted by Gasteiger charge is 2.36. The van der Waals surface area contributed by atoms with E-state index >= 15 is 8.78 Å². The molecule has 18 heteroatoms. The van der Waals surface area contributed by atoms with Gasteiger partial charge in [-0.25, -0.2) is 18.6 Å². The summed E-state index contributed by atoms with van der Waals surface area (Å²) in [5, 5.41) is 6.56. The minimum Gasteiger partial charge on any atom is -0.384 e. The van der Waals surface area contributed by atoms with E-state index in [4.69, 9.17) is 0 Å². The molecule has 3 amide bonds. The fourth-order valence-electron chi connectivity index (χ4n) is 12.7. The van der Waals surface area contributed by atoms with Crippen LogP contribution < -0.4 is 21.9 Å². The maximum absolute atomic E-state index is 16.0. The molecule has 9 heterocycles. The number of benzene rings is 2. The van der Waals surface area contributed by atoms with Crippen LogP contribution in [0.4, 0.5) is 14.5 Å². The fraction of sp³-hybridized carbons (Fsp3) is 0.464. The van der Waals surface area contributed by atoms with Gasteiger partial charge < -0.3 is 14.8 Å². The van der Waals surface area contributed by atoms with Crippen molar-refractivity contribution in [2.75, 3.05) is 64.2 Å². The molecule has 12 rings (SSSR count). The molecule has 386 valence electrons. The van der Waals surface area contributed by atoms with Crippen molar-refractivity contribution in [3.8, 4) is 5.69 Å². The molecule has 0 bridgehead atoms. The fourth-order valence-corrected chi connectivity index (χ4v) is 12.7. The largest absolute Gasteiger partial charge is 0.384 e. The molecule has 2 N–H and O–H groups in total. The molecule has 2 aromatic carbocycles. The summed E-state index contributed by atoms with van der Waals surface area (Å²) < 4.78 is 39.1. The molecule has 1 unspecified atom stereocenters. The number of anilines is 1. The van der Waals surface area contributed by atoms with Crippen molar-refractivity contribution in [3.05, 3.63) is 127 Å². The number of fused-ring (bicyclic) bond motifs is 3. The van der Waals surface area contributed by atoms with Gasteiger partial charge in [0.05, 0.1) is 16.7 Å². The Hall–Kier alpha value is -6.76. The number of nitrogens with one attached hydrogen (secondary N) is 2. The van der Waals surface area contributed by atoms with Crippen molar-refractivity contribution in [2.24, 2.45) is 13.0 Å². The lowest BCUT2D eigenvalue weighted by molar-refractivity contribution is -0.135. The van der Waals surface area contributed by atoms with Crippen molar-refractivity contribution in [3.63, 3.8) is 0 Å². The van der Waals surface area contributed by atoms with Gasteiger partial charge in [0.15, 0.2) is 0 Å². The lowest BCUT2D eigenvalue weighted by Crippen LogP contribution is -2.53. The summed E-state index contributed by atoms with van der Waals surface area (Å²) in [5.41, 5.74) is 7.24. The van der Waals surface area contributed by atoms with Crippen LogP contribution in [0, 0.1) is 17.6 Å². The smallest absolute Gasteiger partial charge is 0.330 e. The summed E-state index contributed by atoms with van der Waals surface area (Å²) in [6.45, 7) is 11.6. The highest BCUT2D eigenvalue weighted by Crippen LogP contribution is 2.38. The number of imidazole rings is 1. The monoisotopic (exact) mass is 1010 g/mol. The third-order valence-corrected chi connectivity index (χ3v) is 17.0. The molecule has 16 nitrogen and oxygen atoms in total. The van der Waals surface area contributed by atoms with Crippen LogP contribution in [-0.2, 0) is 29.6 Å². The van der Waals surface area contributed by atoms with Gasteiger partial charge in [0.2, 0.25) is 11.8 Å². The number of rotatable bonds is 11. The Morgan fingerprint density at radius 1 is 0.865 bits per heavy atom. The van der Waals surface area contributed by atoms with Gasteiger partial charge >= 0.3 is 5.69 Å². The average molecular weight is 1010 g/mol. The molecule has 5 aliphatic heterocycles. The van der Waals surface area contributed by atoms with Gasteiger partial charge in [-0.1, -0.05) is 12.1 Å². The molecule has 4 fully saturated rings. The SMILES string of the molecule is C[C@H]1CN(Cc2ccc3c(c2)n(C2CC2)c(=O)n3C2CCC(=O)NC2=O)CCN1CC1CCN(C(=O)c2cc(F)c(C3=CCN([C@@H](C)c4cc5c(-n6ccc7c(c6=O)CCN7)ccnc5n4C)CC3)c(F)c2)CC1. The normalized spacial score (nSPS) is 21.8. The topological polar surface area (TPSA) is 155 Å². The number of aryl methyl sites for hydroxylation is 1. The summed E-state index contributed by atoms with van der Waals surface area (Å²) in [7, 11) is 1.97. The Kier molecular flexibility index (Phi) is 12.5. The standard InChI is InChI=1S/C56H63F2N11O5/c1-33-30-63(31-36-4-7-46-49(26-36)68(39-5-6-39)56(74)69(46)47-8-9-50(70)61-53(47)71)24-25-66(33)32-35-12-19-65(20-13-35)54(72)38-27-42(57)51(43(58)28-38)37-14-21-64(22-15-37)34(2)48-29-41-45(11-18-60-52(41)62(48)3)67-23-16-44-40(55(67)73)10-17-59-44/h4,7,11,14,16,18,23,26-29,33-35,39,47,59H,5-6,8-10,12-13,15,17,19-22,24-25,30-32H2,1-3H3,(H,61,70,71)/t33-,34-,47?/m0/s1. The van der Waals surface area contributed by atoms with E-state index in [1.165, 1.54) is 12.1 Å². The molecule has 1 aliphatic carbocycles. The van der Waals surface area contributed by atoms with Crippen LogP contribution in [0.1, 0.15) is 110 Å². The van der Waals surface area contributed by atoms with Gasteiger partial charge in [-0.15, -0.1) is 0 Å². The maximum Gasteiger partial charge on any atom is 0.330 e. The lowest BCUT2D eigenvalue weighted by atomic mass is 9.93. The van der Waals surface area contributed by atoms with E-state index in [9.17, 15) is 24.0 Å². The molecule has 1 saturated carbocycles. The Morgan fingerprint density at radius 3 is 2.39 bits per heavy atom. The quantitative estimate of drug-likeness (QED) is 0.141. The second-order valence-corrected chi connectivity index (χ2v) is 21.6. The zero-order valence-electron chi connectivity index (χ0n) is 42.3. The van der Waals surface area contributed by atoms with E-state index in [0.29, 0.717) is 63.0 Å². The van der Waals surface area contributed by atoms with Gasteiger partial charge in [0.1, 0.15) is 23.3 Å². The van der Waals surface area contributed by atoms with Gasteiger partial charge in [0, 0.05) is 143 Å². The number of hydrogen-bond donors (Lipinski definition) is 2. The molecule has 4 aromatic heterocycles. The van der Waals surface area contributed by atoms with Crippen LogP contribution in [-0.4, -0.2) is 126 Å². The minimum absolute atomic E-state index is 0.0306. The molecule has 0 radical (unpaired) electrons. The Bertz CT molecular complexity index is 3390. The Balaban J connectivity index is 0.642.